The lowest BCUT2D eigenvalue weighted by atomic mass is 10.0. The van der Waals surface area contributed by atoms with Crippen LogP contribution in [-0.2, 0) is 10.9 Å². The zero-order valence-corrected chi connectivity index (χ0v) is 14.4. The van der Waals surface area contributed by atoms with Gasteiger partial charge in [0.2, 0.25) is 0 Å². The average Bonchev–Trinajstić information content (AvgIpc) is 2.89. The second-order valence-electron chi connectivity index (χ2n) is 6.85. The third kappa shape index (κ3) is 3.78. The van der Waals surface area contributed by atoms with Crippen LogP contribution in [0.25, 0.3) is 0 Å². The number of ether oxygens (including phenoxy) is 1. The Balaban J connectivity index is 1.64. The highest BCUT2D eigenvalue weighted by molar-refractivity contribution is 6.33. The third-order valence-corrected chi connectivity index (χ3v) is 4.99. The molecule has 8 heteroatoms. The van der Waals surface area contributed by atoms with E-state index in [4.69, 9.17) is 16.3 Å². The molecule has 2 fully saturated rings. The summed E-state index contributed by atoms with van der Waals surface area (Å²) in [7, 11) is 0. The second-order valence-corrected chi connectivity index (χ2v) is 7.26. The molecule has 0 spiro atoms. The highest BCUT2D eigenvalue weighted by Crippen LogP contribution is 2.33. The van der Waals surface area contributed by atoms with E-state index in [1.165, 1.54) is 0 Å². The molecule has 0 aliphatic carbocycles. The zero-order valence-electron chi connectivity index (χ0n) is 13.6. The van der Waals surface area contributed by atoms with Crippen molar-refractivity contribution in [2.45, 2.75) is 44.6 Å². The summed E-state index contributed by atoms with van der Waals surface area (Å²) in [6, 6.07) is 1.36. The smallest absolute Gasteiger partial charge is 0.375 e. The molecule has 3 heterocycles. The fourth-order valence-corrected chi connectivity index (χ4v) is 3.52. The Morgan fingerprint density at radius 1 is 1.38 bits per heavy atom. The van der Waals surface area contributed by atoms with Crippen molar-refractivity contribution in [3.8, 4) is 0 Å². The molecule has 0 amide bonds. The normalized spacial score (nSPS) is 28.2. The Kier molecular flexibility index (Phi) is 4.95. The molecule has 0 aromatic carbocycles. The minimum atomic E-state index is -4.44. The number of nitrogens with zero attached hydrogens (tertiary/aromatic N) is 2. The first-order chi connectivity index (χ1) is 11.2. The van der Waals surface area contributed by atoms with Crippen LogP contribution in [0.15, 0.2) is 12.3 Å². The summed E-state index contributed by atoms with van der Waals surface area (Å²) >= 11 is 5.97. The zero-order chi connectivity index (χ0) is 17.5. The molecular weight excluding hydrogens is 343 g/mol. The first-order valence-corrected chi connectivity index (χ1v) is 8.46. The second kappa shape index (κ2) is 6.69. The van der Waals surface area contributed by atoms with Gasteiger partial charge in [-0.2, -0.15) is 13.2 Å². The summed E-state index contributed by atoms with van der Waals surface area (Å²) < 4.78 is 43.9. The Morgan fingerprint density at radius 3 is 2.75 bits per heavy atom. The number of rotatable bonds is 3. The number of hydrogen-bond acceptors (Lipinski definition) is 4. The topological polar surface area (TPSA) is 37.4 Å². The van der Waals surface area contributed by atoms with Crippen molar-refractivity contribution in [1.29, 1.82) is 0 Å². The summed E-state index contributed by atoms with van der Waals surface area (Å²) in [6.45, 7) is 6.67. The predicted octanol–water partition coefficient (Wildman–Crippen LogP) is 3.66. The van der Waals surface area contributed by atoms with Crippen LogP contribution in [0, 0.1) is 5.92 Å². The fraction of sp³-hybridized carbons (Fsp3) is 0.688. The van der Waals surface area contributed by atoms with E-state index in [9.17, 15) is 13.2 Å². The molecule has 0 bridgehead atoms. The minimum Gasteiger partial charge on any atom is -0.375 e. The number of morpholine rings is 1. The van der Waals surface area contributed by atoms with E-state index in [2.05, 4.69) is 29.0 Å². The van der Waals surface area contributed by atoms with E-state index < -0.39 is 11.7 Å². The van der Waals surface area contributed by atoms with Crippen LogP contribution in [0.4, 0.5) is 19.0 Å². The molecule has 1 N–H and O–H groups in total. The number of pyridine rings is 1. The molecule has 2 aliphatic rings. The molecular formula is C16H21ClF3N3O. The molecule has 24 heavy (non-hydrogen) atoms. The quantitative estimate of drug-likeness (QED) is 0.889. The molecule has 0 unspecified atom stereocenters. The van der Waals surface area contributed by atoms with Gasteiger partial charge in [-0.1, -0.05) is 25.4 Å². The molecule has 1 aromatic heterocycles. The van der Waals surface area contributed by atoms with E-state index in [1.807, 2.05) is 0 Å². The van der Waals surface area contributed by atoms with Gasteiger partial charge in [0, 0.05) is 31.4 Å². The van der Waals surface area contributed by atoms with Gasteiger partial charge < -0.3 is 10.1 Å². The van der Waals surface area contributed by atoms with Gasteiger partial charge in [-0.15, -0.1) is 0 Å². The Labute approximate surface area is 144 Å². The largest absolute Gasteiger partial charge is 0.417 e. The average molecular weight is 364 g/mol. The Bertz CT molecular complexity index is 596. The molecule has 3 rings (SSSR count). The van der Waals surface area contributed by atoms with Gasteiger partial charge in [-0.25, -0.2) is 4.98 Å². The van der Waals surface area contributed by atoms with E-state index >= 15 is 0 Å². The van der Waals surface area contributed by atoms with E-state index in [0.717, 1.165) is 31.8 Å². The molecule has 0 radical (unpaired) electrons. The van der Waals surface area contributed by atoms with Gasteiger partial charge in [0.25, 0.3) is 0 Å². The number of nitrogens with one attached hydrogen (secondary N) is 1. The Morgan fingerprint density at radius 2 is 2.12 bits per heavy atom. The van der Waals surface area contributed by atoms with Crippen LogP contribution in [0.2, 0.25) is 5.02 Å². The van der Waals surface area contributed by atoms with Crippen molar-refractivity contribution < 1.29 is 17.9 Å². The number of alkyl halides is 3. The van der Waals surface area contributed by atoms with Gasteiger partial charge in [0.15, 0.2) is 0 Å². The molecule has 1 aromatic rings. The van der Waals surface area contributed by atoms with E-state index in [-0.39, 0.29) is 17.2 Å². The lowest BCUT2D eigenvalue weighted by molar-refractivity contribution is -0.137. The standard InChI is InChI=1S/C16H21ClF3N3O/c1-9(2)14-7-23-6-11(4-12(23)8-24-14)22-15-13(17)3-10(5-21-15)16(18,19)20/h3,5,9,11-12,14H,4,6-8H2,1-2H3,(H,21,22)/t11-,12-,14-/m0/s1. The molecule has 3 atom stereocenters. The van der Waals surface area contributed by atoms with Gasteiger partial charge in [0.05, 0.1) is 23.3 Å². The van der Waals surface area contributed by atoms with Gasteiger partial charge in [-0.3, -0.25) is 4.90 Å². The van der Waals surface area contributed by atoms with Crippen LogP contribution in [-0.4, -0.2) is 47.8 Å². The molecule has 134 valence electrons. The number of anilines is 1. The van der Waals surface area contributed by atoms with Crippen LogP contribution in [0.3, 0.4) is 0 Å². The van der Waals surface area contributed by atoms with Crippen molar-refractivity contribution in [1.82, 2.24) is 9.88 Å². The minimum absolute atomic E-state index is 0.00833. The summed E-state index contributed by atoms with van der Waals surface area (Å²) in [5.41, 5.74) is -0.838. The van der Waals surface area contributed by atoms with Gasteiger partial charge in [0.1, 0.15) is 5.82 Å². The summed E-state index contributed by atoms with van der Waals surface area (Å²) in [6.07, 6.45) is -2.53. The van der Waals surface area contributed by atoms with E-state index in [0.29, 0.717) is 24.4 Å². The maximum absolute atomic E-state index is 12.7. The lowest BCUT2D eigenvalue weighted by Crippen LogP contribution is -2.48. The molecule has 0 saturated carbocycles. The predicted molar refractivity (Wildman–Crippen MR) is 86.2 cm³/mol. The third-order valence-electron chi connectivity index (χ3n) is 4.70. The highest BCUT2D eigenvalue weighted by atomic mass is 35.5. The summed E-state index contributed by atoms with van der Waals surface area (Å²) in [4.78, 5) is 6.23. The van der Waals surface area contributed by atoms with Crippen molar-refractivity contribution in [2.24, 2.45) is 5.92 Å². The first kappa shape index (κ1) is 17.8. The van der Waals surface area contributed by atoms with Gasteiger partial charge >= 0.3 is 6.18 Å². The van der Waals surface area contributed by atoms with Crippen molar-refractivity contribution in [3.63, 3.8) is 0 Å². The molecule has 2 saturated heterocycles. The monoisotopic (exact) mass is 363 g/mol. The van der Waals surface area contributed by atoms with Crippen molar-refractivity contribution >= 4 is 17.4 Å². The number of hydrogen-bond donors (Lipinski definition) is 1. The molecule has 4 nitrogen and oxygen atoms in total. The summed E-state index contributed by atoms with van der Waals surface area (Å²) in [5, 5.41) is 3.17. The van der Waals surface area contributed by atoms with Crippen LogP contribution < -0.4 is 5.32 Å². The number of fused-ring (bicyclic) bond motifs is 1. The van der Waals surface area contributed by atoms with Crippen molar-refractivity contribution in [2.75, 3.05) is 25.0 Å². The van der Waals surface area contributed by atoms with Crippen LogP contribution in [0.5, 0.6) is 0 Å². The highest BCUT2D eigenvalue weighted by Gasteiger charge is 2.38. The van der Waals surface area contributed by atoms with Crippen LogP contribution >= 0.6 is 11.6 Å². The maximum atomic E-state index is 12.7. The van der Waals surface area contributed by atoms with Crippen molar-refractivity contribution in [3.05, 3.63) is 22.8 Å². The fourth-order valence-electron chi connectivity index (χ4n) is 3.30. The van der Waals surface area contributed by atoms with E-state index in [1.54, 1.807) is 0 Å². The lowest BCUT2D eigenvalue weighted by Gasteiger charge is -2.36. The van der Waals surface area contributed by atoms with Crippen LogP contribution in [0.1, 0.15) is 25.8 Å². The number of aromatic nitrogens is 1. The first-order valence-electron chi connectivity index (χ1n) is 8.09. The number of halogens is 4. The molecule has 2 aliphatic heterocycles. The van der Waals surface area contributed by atoms with Gasteiger partial charge in [-0.05, 0) is 18.4 Å². The SMILES string of the molecule is CC(C)[C@@H]1CN2C[C@@H](Nc3ncc(C(F)(F)F)cc3Cl)C[C@H]2CO1. The maximum Gasteiger partial charge on any atom is 0.417 e. The Hall–Kier alpha value is -1.05. The summed E-state index contributed by atoms with van der Waals surface area (Å²) in [5.74, 6) is 0.764.